The second-order valence-electron chi connectivity index (χ2n) is 5.41. The summed E-state index contributed by atoms with van der Waals surface area (Å²) in [5.74, 6) is -0.966. The molecule has 0 aliphatic heterocycles. The normalized spacial score (nSPS) is 12.9. The van der Waals surface area contributed by atoms with E-state index in [-0.39, 0.29) is 0 Å². The summed E-state index contributed by atoms with van der Waals surface area (Å²) >= 11 is 0. The molecule has 0 spiro atoms. The molecule has 5 heteroatoms. The molecule has 2 aromatic rings. The van der Waals surface area contributed by atoms with Crippen LogP contribution in [0.25, 0.3) is 0 Å². The fraction of sp³-hybridized carbons (Fsp3) is 0.263. The van der Waals surface area contributed by atoms with Crippen LogP contribution in [0.4, 0.5) is 0 Å². The fourth-order valence-corrected chi connectivity index (χ4v) is 2.33. The van der Waals surface area contributed by atoms with Crippen molar-refractivity contribution in [1.29, 1.82) is 0 Å². The molecule has 0 saturated heterocycles. The van der Waals surface area contributed by atoms with E-state index in [2.05, 4.69) is 5.32 Å². The van der Waals surface area contributed by atoms with E-state index < -0.39 is 24.0 Å². The number of aliphatic carboxylic acids is 1. The van der Waals surface area contributed by atoms with Gasteiger partial charge in [0, 0.05) is 5.56 Å². The molecule has 126 valence electrons. The van der Waals surface area contributed by atoms with Crippen LogP contribution in [0.15, 0.2) is 60.7 Å². The highest BCUT2D eigenvalue weighted by molar-refractivity contribution is 5.87. The van der Waals surface area contributed by atoms with Gasteiger partial charge in [0.2, 0.25) is 6.10 Å². The van der Waals surface area contributed by atoms with Gasteiger partial charge >= 0.3 is 5.97 Å². The Labute approximate surface area is 141 Å². The maximum atomic E-state index is 12.6. The highest BCUT2D eigenvalue weighted by Crippen LogP contribution is 2.22. The number of carboxylic acids is 1. The maximum absolute atomic E-state index is 12.6. The molecule has 2 atom stereocenters. The molecular formula is C19H21NO4. The Bertz CT molecular complexity index is 658. The van der Waals surface area contributed by atoms with Crippen LogP contribution in [0.2, 0.25) is 0 Å². The molecule has 0 radical (unpaired) electrons. The lowest BCUT2D eigenvalue weighted by Crippen LogP contribution is -2.44. The zero-order valence-corrected chi connectivity index (χ0v) is 13.5. The molecule has 0 aliphatic rings. The van der Waals surface area contributed by atoms with Crippen LogP contribution in [0.1, 0.15) is 31.4 Å². The summed E-state index contributed by atoms with van der Waals surface area (Å²) in [6, 6.07) is 17.1. The van der Waals surface area contributed by atoms with Crippen molar-refractivity contribution in [3.05, 3.63) is 66.2 Å². The van der Waals surface area contributed by atoms with Gasteiger partial charge in [0.15, 0.2) is 0 Å². The average Bonchev–Trinajstić information content (AvgIpc) is 2.60. The summed E-state index contributed by atoms with van der Waals surface area (Å²) in [6.45, 7) is 1.87. The highest BCUT2D eigenvalue weighted by atomic mass is 16.5. The highest BCUT2D eigenvalue weighted by Gasteiger charge is 2.27. The Morgan fingerprint density at radius 3 is 2.17 bits per heavy atom. The van der Waals surface area contributed by atoms with Crippen molar-refractivity contribution in [2.45, 2.75) is 31.9 Å². The smallest absolute Gasteiger partial charge is 0.326 e. The minimum absolute atomic E-state index is 0.369. The quantitative estimate of drug-likeness (QED) is 0.781. The fourth-order valence-electron chi connectivity index (χ4n) is 2.33. The predicted octanol–water partition coefficient (Wildman–Crippen LogP) is 3.18. The van der Waals surface area contributed by atoms with Gasteiger partial charge in [-0.1, -0.05) is 61.9 Å². The number of nitrogens with one attached hydrogen (secondary N) is 1. The zero-order valence-electron chi connectivity index (χ0n) is 13.5. The standard InChI is InChI=1S/C19H21NO4/c1-2-9-16(19(22)23)20-18(21)17(14-10-5-3-6-11-14)24-15-12-7-4-8-13-15/h3-8,10-13,16-17H,2,9H2,1H3,(H,20,21)(H,22,23). The van der Waals surface area contributed by atoms with Gasteiger partial charge in [-0.2, -0.15) is 0 Å². The number of rotatable bonds is 8. The van der Waals surface area contributed by atoms with Crippen molar-refractivity contribution in [1.82, 2.24) is 5.32 Å². The molecule has 2 aromatic carbocycles. The van der Waals surface area contributed by atoms with Crippen LogP contribution in [0, 0.1) is 0 Å². The molecule has 0 heterocycles. The molecule has 2 rings (SSSR count). The van der Waals surface area contributed by atoms with Crippen LogP contribution < -0.4 is 10.1 Å². The van der Waals surface area contributed by atoms with E-state index in [1.54, 1.807) is 24.3 Å². The number of carbonyl (C=O) groups is 2. The number of para-hydroxylation sites is 1. The van der Waals surface area contributed by atoms with Crippen molar-refractivity contribution in [2.75, 3.05) is 0 Å². The second-order valence-corrected chi connectivity index (χ2v) is 5.41. The van der Waals surface area contributed by atoms with Crippen molar-refractivity contribution in [3.8, 4) is 5.75 Å². The summed E-state index contributed by atoms with van der Waals surface area (Å²) in [5.41, 5.74) is 0.666. The van der Waals surface area contributed by atoms with E-state index in [0.717, 1.165) is 0 Å². The Hall–Kier alpha value is -2.82. The molecule has 0 aliphatic carbocycles. The van der Waals surface area contributed by atoms with E-state index in [4.69, 9.17) is 4.74 Å². The van der Waals surface area contributed by atoms with E-state index >= 15 is 0 Å². The first-order valence-electron chi connectivity index (χ1n) is 7.91. The number of hydrogen-bond acceptors (Lipinski definition) is 3. The van der Waals surface area contributed by atoms with Gasteiger partial charge in [-0.3, -0.25) is 4.79 Å². The summed E-state index contributed by atoms with van der Waals surface area (Å²) in [6.07, 6.45) is 0.119. The van der Waals surface area contributed by atoms with Gasteiger partial charge in [0.25, 0.3) is 5.91 Å². The van der Waals surface area contributed by atoms with Crippen LogP contribution in [-0.4, -0.2) is 23.0 Å². The molecule has 0 bridgehead atoms. The van der Waals surface area contributed by atoms with E-state index in [9.17, 15) is 14.7 Å². The molecule has 24 heavy (non-hydrogen) atoms. The van der Waals surface area contributed by atoms with Crippen molar-refractivity contribution >= 4 is 11.9 Å². The average molecular weight is 327 g/mol. The first kappa shape index (κ1) is 17.5. The topological polar surface area (TPSA) is 75.6 Å². The number of hydrogen-bond donors (Lipinski definition) is 2. The molecule has 0 fully saturated rings. The Balaban J connectivity index is 2.21. The molecule has 1 amide bonds. The van der Waals surface area contributed by atoms with Crippen LogP contribution in [0.5, 0.6) is 5.75 Å². The van der Waals surface area contributed by atoms with Crippen LogP contribution >= 0.6 is 0 Å². The Morgan fingerprint density at radius 2 is 1.62 bits per heavy atom. The van der Waals surface area contributed by atoms with Gasteiger partial charge < -0.3 is 15.2 Å². The molecule has 0 aromatic heterocycles. The SMILES string of the molecule is CCCC(NC(=O)C(Oc1ccccc1)c1ccccc1)C(=O)O. The van der Waals surface area contributed by atoms with Crippen LogP contribution in [-0.2, 0) is 9.59 Å². The lowest BCUT2D eigenvalue weighted by Gasteiger charge is -2.21. The van der Waals surface area contributed by atoms with Crippen molar-refractivity contribution < 1.29 is 19.4 Å². The predicted molar refractivity (Wildman–Crippen MR) is 90.7 cm³/mol. The maximum Gasteiger partial charge on any atom is 0.326 e. The second kappa shape index (κ2) is 8.72. The minimum atomic E-state index is -1.04. The molecule has 0 saturated carbocycles. The summed E-state index contributed by atoms with van der Waals surface area (Å²) in [5, 5.41) is 11.8. The van der Waals surface area contributed by atoms with Crippen molar-refractivity contribution in [3.63, 3.8) is 0 Å². The molecule has 2 unspecified atom stereocenters. The van der Waals surface area contributed by atoms with Crippen molar-refractivity contribution in [2.24, 2.45) is 0 Å². The summed E-state index contributed by atoms with van der Waals surface area (Å²) in [7, 11) is 0. The van der Waals surface area contributed by atoms with E-state index in [1.807, 2.05) is 43.3 Å². The Morgan fingerprint density at radius 1 is 1.04 bits per heavy atom. The Kier molecular flexibility index (Phi) is 6.37. The first-order chi connectivity index (χ1) is 11.6. The summed E-state index contributed by atoms with van der Waals surface area (Å²) in [4.78, 5) is 23.9. The first-order valence-corrected chi connectivity index (χ1v) is 7.91. The molecular weight excluding hydrogens is 306 g/mol. The molecule has 2 N–H and O–H groups in total. The van der Waals surface area contributed by atoms with Crippen LogP contribution in [0.3, 0.4) is 0 Å². The van der Waals surface area contributed by atoms with Gasteiger partial charge in [-0.15, -0.1) is 0 Å². The number of carboxylic acid groups (broad SMARTS) is 1. The van der Waals surface area contributed by atoms with Gasteiger partial charge in [0.05, 0.1) is 0 Å². The zero-order chi connectivity index (χ0) is 17.4. The van der Waals surface area contributed by atoms with E-state index in [0.29, 0.717) is 24.2 Å². The molecule has 5 nitrogen and oxygen atoms in total. The number of benzene rings is 2. The van der Waals surface area contributed by atoms with Gasteiger partial charge in [-0.25, -0.2) is 4.79 Å². The third-order valence-electron chi connectivity index (χ3n) is 3.53. The number of carbonyl (C=O) groups excluding carboxylic acids is 1. The summed E-state index contributed by atoms with van der Waals surface area (Å²) < 4.78 is 5.82. The largest absolute Gasteiger partial charge is 0.480 e. The third kappa shape index (κ3) is 4.84. The lowest BCUT2D eigenvalue weighted by atomic mass is 10.1. The van der Waals surface area contributed by atoms with Gasteiger partial charge in [0.1, 0.15) is 11.8 Å². The van der Waals surface area contributed by atoms with Gasteiger partial charge in [-0.05, 0) is 18.6 Å². The van der Waals surface area contributed by atoms with E-state index in [1.165, 1.54) is 0 Å². The third-order valence-corrected chi connectivity index (χ3v) is 3.53. The minimum Gasteiger partial charge on any atom is -0.480 e. The number of ether oxygens (including phenoxy) is 1. The number of amides is 1. The lowest BCUT2D eigenvalue weighted by molar-refractivity contribution is -0.143. The monoisotopic (exact) mass is 327 g/mol.